The van der Waals surface area contributed by atoms with Crippen LogP contribution in [-0.4, -0.2) is 68.5 Å². The first kappa shape index (κ1) is 84.8. The van der Waals surface area contributed by atoms with Crippen LogP contribution in [0.1, 0.15) is 136 Å². The highest BCUT2D eigenvalue weighted by molar-refractivity contribution is 5.76. The number of rotatable bonds is 11. The summed E-state index contributed by atoms with van der Waals surface area (Å²) in [5, 5.41) is 0. The van der Waals surface area contributed by atoms with Crippen LogP contribution in [-0.2, 0) is 42.3 Å². The molecule has 17 rings (SSSR count). The molecule has 9 aromatic carbocycles. The van der Waals surface area contributed by atoms with Crippen LogP contribution in [0.3, 0.4) is 0 Å². The smallest absolute Gasteiger partial charge is 0.239 e. The van der Waals surface area contributed by atoms with Crippen LogP contribution in [0.4, 0.5) is 0 Å². The molecule has 0 atom stereocenters. The van der Waals surface area contributed by atoms with Gasteiger partial charge in [-0.1, -0.05) is 217 Å². The third kappa shape index (κ3) is 22.4. The van der Waals surface area contributed by atoms with Crippen molar-refractivity contribution >= 4 is 34.5 Å². The fraction of sp³-hybridized carbons (Fsp3) is 0.260. The lowest BCUT2D eigenvalue weighted by Crippen LogP contribution is -2.33. The summed E-state index contributed by atoms with van der Waals surface area (Å²) in [7, 11) is 16.3. The summed E-state index contributed by atoms with van der Waals surface area (Å²) in [4.78, 5) is 9.48. The number of para-hydroxylation sites is 9. The number of benzene rings is 9. The molecule has 0 fully saturated rings. The Morgan fingerprint density at radius 1 is 0.330 bits per heavy atom. The molecule has 15 nitrogen and oxygen atoms in total. The van der Waals surface area contributed by atoms with E-state index in [2.05, 4.69) is 393 Å². The van der Waals surface area contributed by atoms with Gasteiger partial charge in [-0.3, -0.25) is 0 Å². The maximum Gasteiger partial charge on any atom is 0.308 e. The number of hydrogen-bond donors (Lipinski definition) is 0. The number of nitrogens with zero attached hydrogens (tertiary/aromatic N) is 15. The number of imidazole rings is 5. The molecule has 115 heavy (non-hydrogen) atoms. The van der Waals surface area contributed by atoms with Gasteiger partial charge in [0.25, 0.3) is 5.82 Å². The van der Waals surface area contributed by atoms with Gasteiger partial charge in [-0.2, -0.15) is 9.13 Å². The van der Waals surface area contributed by atoms with Crippen LogP contribution in [0.15, 0.2) is 312 Å². The van der Waals surface area contributed by atoms with E-state index in [4.69, 9.17) is 4.98 Å². The minimum atomic E-state index is 0.500. The van der Waals surface area contributed by atoms with Crippen molar-refractivity contribution in [2.24, 2.45) is 42.3 Å². The fourth-order valence-corrected chi connectivity index (χ4v) is 14.2. The Bertz CT molecular complexity index is 5570. The zero-order valence-electron chi connectivity index (χ0n) is 71.5. The molecule has 2 aliphatic rings. The lowest BCUT2D eigenvalue weighted by atomic mass is 9.92. The molecule has 6 aromatic heterocycles. The number of aromatic nitrogens is 13. The highest BCUT2D eigenvalue weighted by Crippen LogP contribution is 2.34. The average molecular weight is 1530 g/mol. The van der Waals surface area contributed by atoms with E-state index in [1.54, 1.807) is 0 Å². The lowest BCUT2D eigenvalue weighted by molar-refractivity contribution is -0.670. The molecule has 0 amide bonds. The third-order valence-electron chi connectivity index (χ3n) is 20.3. The Morgan fingerprint density at radius 3 is 1.04 bits per heavy atom. The molecule has 15 aromatic rings. The first-order valence-corrected chi connectivity index (χ1v) is 40.1. The van der Waals surface area contributed by atoms with Gasteiger partial charge >= 0.3 is 5.82 Å². The molecule has 0 aliphatic carbocycles. The van der Waals surface area contributed by atoms with Crippen molar-refractivity contribution in [1.29, 1.82) is 0 Å². The SMILES string of the molecule is CC(C)c1cccc(C(C)C)c1-n1c[n+](C)c2ccccc21.CC(C)c1cccc(C(C)C)c1-n1cc[n+](C)c1.C[N+]1=CCC=C1.C[N+]1=CCC=C1.C[n+]1ccn(-c2ccccc2)c1.C[n+]1ccn(-c2ccccc2)c1.C[n+]1cn(-c2ccccc2)c2ccccc21.Cc1cccc(C)c1-c1nc[n+](C)c(-c2c(C)cccc2C)n1. The normalized spacial score (nSPS) is 11.8. The second-order valence-corrected chi connectivity index (χ2v) is 30.9. The van der Waals surface area contributed by atoms with E-state index >= 15 is 0 Å². The Hall–Kier alpha value is -12.6. The number of aryl methyl sites for hydroxylation is 10. The third-order valence-corrected chi connectivity index (χ3v) is 20.3. The first-order chi connectivity index (χ1) is 55.4. The molecule has 588 valence electrons. The van der Waals surface area contributed by atoms with Gasteiger partial charge in [0.1, 0.15) is 92.1 Å². The van der Waals surface area contributed by atoms with Crippen LogP contribution in [0.5, 0.6) is 0 Å². The molecular formula is C100H121N15+8. The van der Waals surface area contributed by atoms with Crippen molar-refractivity contribution in [3.05, 3.63) is 357 Å². The summed E-state index contributed by atoms with van der Waals surface area (Å²) in [5.41, 5.74) is 24.1. The van der Waals surface area contributed by atoms with Gasteiger partial charge in [0.15, 0.2) is 34.5 Å². The number of fused-ring (bicyclic) bond motifs is 2. The van der Waals surface area contributed by atoms with Crippen molar-refractivity contribution in [3.63, 3.8) is 0 Å². The van der Waals surface area contributed by atoms with Gasteiger partial charge in [0.2, 0.25) is 38.0 Å². The van der Waals surface area contributed by atoms with Crippen molar-refractivity contribution in [1.82, 2.24) is 32.8 Å². The number of hydrogen-bond acceptors (Lipinski definition) is 2. The van der Waals surface area contributed by atoms with E-state index < -0.39 is 0 Å². The van der Waals surface area contributed by atoms with Crippen molar-refractivity contribution in [2.45, 2.75) is 120 Å². The molecule has 2 aliphatic heterocycles. The van der Waals surface area contributed by atoms with Gasteiger partial charge < -0.3 is 0 Å². The molecule has 0 saturated carbocycles. The van der Waals surface area contributed by atoms with Gasteiger partial charge in [-0.05, 0) is 146 Å². The topological polar surface area (TPSA) is 79.7 Å². The van der Waals surface area contributed by atoms with Crippen LogP contribution >= 0.6 is 0 Å². The molecule has 0 spiro atoms. The molecule has 15 heteroatoms. The second kappa shape index (κ2) is 40.7. The minimum Gasteiger partial charge on any atom is -0.239 e. The van der Waals surface area contributed by atoms with Crippen molar-refractivity contribution in [3.8, 4) is 51.2 Å². The Labute approximate surface area is 683 Å². The van der Waals surface area contributed by atoms with E-state index in [1.807, 2.05) is 135 Å². The Kier molecular flexibility index (Phi) is 30.0. The van der Waals surface area contributed by atoms with Gasteiger partial charge in [-0.25, -0.2) is 50.3 Å². The quantitative estimate of drug-likeness (QED) is 0.121. The Balaban J connectivity index is 0.000000143. The van der Waals surface area contributed by atoms with Crippen LogP contribution in [0, 0.1) is 27.7 Å². The van der Waals surface area contributed by atoms with Gasteiger partial charge in [0, 0.05) is 35.1 Å². The predicted octanol–water partition coefficient (Wildman–Crippen LogP) is 18.4. The maximum absolute atomic E-state index is 4.91. The average Bonchev–Trinajstić information content (AvgIpc) is 1.65. The predicted molar refractivity (Wildman–Crippen MR) is 471 cm³/mol. The van der Waals surface area contributed by atoms with E-state index in [0.29, 0.717) is 23.7 Å². The Morgan fingerprint density at radius 2 is 0.678 bits per heavy atom. The van der Waals surface area contributed by atoms with E-state index in [-0.39, 0.29) is 0 Å². The minimum absolute atomic E-state index is 0.500. The zero-order valence-corrected chi connectivity index (χ0v) is 71.5. The van der Waals surface area contributed by atoms with Crippen LogP contribution in [0.25, 0.3) is 73.3 Å². The van der Waals surface area contributed by atoms with Crippen molar-refractivity contribution in [2.75, 3.05) is 14.1 Å². The lowest BCUT2D eigenvalue weighted by Gasteiger charge is -2.16. The molecule has 0 radical (unpaired) electrons. The molecule has 0 N–H and O–H groups in total. The zero-order chi connectivity index (χ0) is 82.2. The fourth-order valence-electron chi connectivity index (χ4n) is 14.2. The highest BCUT2D eigenvalue weighted by Gasteiger charge is 2.26. The number of allylic oxidation sites excluding steroid dienone is 2. The summed E-state index contributed by atoms with van der Waals surface area (Å²) in [6.45, 7) is 26.6. The molecule has 0 unspecified atom stereocenters. The first-order valence-electron chi connectivity index (χ1n) is 40.1. The standard InChI is InChI=1S/C20H22N3.C20H25N2.C16H23N2.C14H13N2.2C10H11N2.2C5H8N/c1-13-8-6-9-14(2)17(13)19-21-12-23(5)20(22-19)18-15(3)10-7-11-16(18)4;1-14(2)16-9-8-10-17(15(3)4)20(16)22-13-21(5)18-11-6-7-12-19(18)22;1-12(2)14-7-6-8-15(13(3)4)16(14)18-10-9-17(5)11-18;1-15-11-16(12-7-3-2-4-8-12)14-10-6-5-9-13(14)15;2*1-11-7-8-12(9-11)10-5-3-2-4-6-10;2*1-6-4-2-3-5-6/h6-12H,1-5H3;6-15H,1-5H3;6-13H,1-5H3;2-11H,1H3;2*2-9H,1H3;2*2,4-5H,3H2,1H3/q8*+1. The monoisotopic (exact) mass is 1530 g/mol. The van der Waals surface area contributed by atoms with Gasteiger partial charge in [0.05, 0.1) is 53.4 Å². The second-order valence-electron chi connectivity index (χ2n) is 30.9. The molecule has 0 saturated heterocycles. The molecular weight excluding hydrogens is 1410 g/mol. The highest BCUT2D eigenvalue weighted by atomic mass is 15.1. The largest absolute Gasteiger partial charge is 0.308 e. The van der Waals surface area contributed by atoms with Crippen LogP contribution in [0.2, 0.25) is 0 Å². The summed E-state index contributed by atoms with van der Waals surface area (Å²) in [6, 6.07) is 73.9. The summed E-state index contributed by atoms with van der Waals surface area (Å²) in [5.74, 6) is 3.81. The van der Waals surface area contributed by atoms with Gasteiger partial charge in [-0.15, -0.1) is 0 Å². The van der Waals surface area contributed by atoms with Crippen molar-refractivity contribution < 1.29 is 36.6 Å². The molecule has 8 heterocycles. The maximum atomic E-state index is 4.91. The van der Waals surface area contributed by atoms with E-state index in [9.17, 15) is 0 Å². The van der Waals surface area contributed by atoms with Crippen LogP contribution < -0.4 is 27.4 Å². The summed E-state index contributed by atoms with van der Waals surface area (Å²) < 4.78 is 27.5. The molecule has 0 bridgehead atoms. The summed E-state index contributed by atoms with van der Waals surface area (Å²) >= 11 is 0. The van der Waals surface area contributed by atoms with E-state index in [1.165, 1.54) is 101 Å². The summed E-state index contributed by atoms with van der Waals surface area (Å²) in [6.07, 6.45) is 39.5. The van der Waals surface area contributed by atoms with E-state index in [0.717, 1.165) is 30.1 Å².